The van der Waals surface area contributed by atoms with E-state index >= 15 is 0 Å². The lowest BCUT2D eigenvalue weighted by Crippen LogP contribution is -2.40. The number of morpholine rings is 1. The Balaban J connectivity index is 1.64. The number of anilines is 1. The van der Waals surface area contributed by atoms with Gasteiger partial charge in [0.05, 0.1) is 18.1 Å². The van der Waals surface area contributed by atoms with Crippen LogP contribution in [-0.4, -0.2) is 57.4 Å². The van der Waals surface area contributed by atoms with Gasteiger partial charge in [0, 0.05) is 29.7 Å². The van der Waals surface area contributed by atoms with E-state index in [1.54, 1.807) is 25.1 Å². The maximum absolute atomic E-state index is 12.9. The zero-order valence-electron chi connectivity index (χ0n) is 15.8. The van der Waals surface area contributed by atoms with Gasteiger partial charge in [-0.15, -0.1) is 0 Å². The molecule has 0 atom stereocenters. The van der Waals surface area contributed by atoms with Crippen molar-refractivity contribution in [2.45, 2.75) is 11.8 Å². The smallest absolute Gasteiger partial charge is 0.265 e. The molecule has 9 nitrogen and oxygen atoms in total. The third-order valence-electron chi connectivity index (χ3n) is 4.24. The van der Waals surface area contributed by atoms with Crippen LogP contribution in [0.3, 0.4) is 0 Å². The predicted molar refractivity (Wildman–Crippen MR) is 110 cm³/mol. The highest BCUT2D eigenvalue weighted by Crippen LogP contribution is 2.24. The van der Waals surface area contributed by atoms with Crippen molar-refractivity contribution in [1.29, 1.82) is 0 Å². The molecule has 11 heteroatoms. The molecule has 1 amide bonds. The maximum Gasteiger partial charge on any atom is 0.265 e. The highest BCUT2D eigenvalue weighted by molar-refractivity contribution is 7.89. The van der Waals surface area contributed by atoms with Gasteiger partial charge in [-0.05, 0) is 36.1 Å². The third kappa shape index (κ3) is 5.32. The molecule has 3 N–H and O–H groups in total. The van der Waals surface area contributed by atoms with Crippen LogP contribution in [0, 0.1) is 6.92 Å². The van der Waals surface area contributed by atoms with Gasteiger partial charge in [0.1, 0.15) is 0 Å². The van der Waals surface area contributed by atoms with E-state index in [0.717, 1.165) is 0 Å². The SMILES string of the molecule is Cc1ccc(NC(=O)CO/N=C(/N)c2ccsc2)cc1S(=O)(=O)N1CCOCC1. The van der Waals surface area contributed by atoms with Gasteiger partial charge in [0.2, 0.25) is 10.0 Å². The van der Waals surface area contributed by atoms with E-state index in [2.05, 4.69) is 10.5 Å². The second kappa shape index (κ2) is 9.35. The number of amidine groups is 1. The standard InChI is InChI=1S/C18H22N4O5S2/c1-13-2-3-15(10-16(13)29(24,25)22-5-7-26-8-6-22)20-17(23)11-27-21-18(19)14-4-9-28-12-14/h2-4,9-10,12H,5-8,11H2,1H3,(H2,19,21)(H,20,23). The van der Waals surface area contributed by atoms with Crippen molar-refractivity contribution in [2.75, 3.05) is 38.2 Å². The number of amides is 1. The molecule has 29 heavy (non-hydrogen) atoms. The van der Waals surface area contributed by atoms with E-state index in [9.17, 15) is 13.2 Å². The molecule has 2 heterocycles. The van der Waals surface area contributed by atoms with E-state index in [0.29, 0.717) is 43.1 Å². The summed E-state index contributed by atoms with van der Waals surface area (Å²) in [6, 6.07) is 6.52. The number of sulfonamides is 1. The Bertz CT molecular complexity index is 984. The van der Waals surface area contributed by atoms with Crippen molar-refractivity contribution in [2.24, 2.45) is 10.9 Å². The fourth-order valence-electron chi connectivity index (χ4n) is 2.70. The summed E-state index contributed by atoms with van der Waals surface area (Å²) in [6.45, 7) is 2.68. The van der Waals surface area contributed by atoms with E-state index in [-0.39, 0.29) is 17.3 Å². The van der Waals surface area contributed by atoms with E-state index < -0.39 is 15.9 Å². The molecule has 0 spiro atoms. The summed E-state index contributed by atoms with van der Waals surface area (Å²) in [5.41, 5.74) is 7.42. The Labute approximate surface area is 173 Å². The summed E-state index contributed by atoms with van der Waals surface area (Å²) in [6.07, 6.45) is 0. The fraction of sp³-hybridized carbons (Fsp3) is 0.333. The number of nitrogens with one attached hydrogen (secondary N) is 1. The minimum atomic E-state index is -3.67. The molecule has 0 bridgehead atoms. The summed E-state index contributed by atoms with van der Waals surface area (Å²) in [5.74, 6) is -0.307. The van der Waals surface area contributed by atoms with Crippen molar-refractivity contribution in [1.82, 2.24) is 4.31 Å². The Morgan fingerprint density at radius 2 is 2.10 bits per heavy atom. The number of hydrogen-bond acceptors (Lipinski definition) is 7. The Morgan fingerprint density at radius 3 is 2.79 bits per heavy atom. The van der Waals surface area contributed by atoms with Gasteiger partial charge in [-0.25, -0.2) is 8.42 Å². The number of nitrogens with two attached hydrogens (primary N) is 1. The topological polar surface area (TPSA) is 123 Å². The molecule has 156 valence electrons. The van der Waals surface area contributed by atoms with Crippen LogP contribution in [0.5, 0.6) is 0 Å². The summed E-state index contributed by atoms with van der Waals surface area (Å²) in [4.78, 5) is 17.2. The Morgan fingerprint density at radius 1 is 1.34 bits per heavy atom. The molecular weight excluding hydrogens is 416 g/mol. The van der Waals surface area contributed by atoms with Crippen LogP contribution >= 0.6 is 11.3 Å². The quantitative estimate of drug-likeness (QED) is 0.382. The molecule has 0 radical (unpaired) electrons. The largest absolute Gasteiger partial charge is 0.384 e. The molecule has 1 aromatic carbocycles. The van der Waals surface area contributed by atoms with E-state index in [1.165, 1.54) is 21.7 Å². The van der Waals surface area contributed by atoms with Crippen molar-refractivity contribution in [3.63, 3.8) is 0 Å². The van der Waals surface area contributed by atoms with Gasteiger partial charge >= 0.3 is 0 Å². The van der Waals surface area contributed by atoms with Gasteiger partial charge in [-0.2, -0.15) is 15.6 Å². The first kappa shape index (κ1) is 21.2. The Kier molecular flexibility index (Phi) is 6.85. The van der Waals surface area contributed by atoms with Crippen LogP contribution in [0.4, 0.5) is 5.69 Å². The zero-order valence-corrected chi connectivity index (χ0v) is 17.5. The number of ether oxygens (including phenoxy) is 1. The molecular formula is C18H22N4O5S2. The molecule has 1 aromatic heterocycles. The number of thiophene rings is 1. The molecule has 0 unspecified atom stereocenters. The Hall–Kier alpha value is -2.47. The van der Waals surface area contributed by atoms with Crippen LogP contribution in [-0.2, 0) is 24.4 Å². The van der Waals surface area contributed by atoms with Crippen molar-refractivity contribution in [3.05, 3.63) is 46.2 Å². The first-order chi connectivity index (χ1) is 13.9. The minimum absolute atomic E-state index is 0.151. The highest BCUT2D eigenvalue weighted by atomic mass is 32.2. The van der Waals surface area contributed by atoms with E-state index in [4.69, 9.17) is 15.3 Å². The number of hydrogen-bond donors (Lipinski definition) is 2. The number of nitrogens with zero attached hydrogens (tertiary/aromatic N) is 2. The van der Waals surface area contributed by atoms with Gasteiger partial charge in [0.25, 0.3) is 5.91 Å². The first-order valence-electron chi connectivity index (χ1n) is 8.84. The van der Waals surface area contributed by atoms with Gasteiger partial charge in [-0.1, -0.05) is 11.2 Å². The number of aryl methyl sites for hydroxylation is 1. The molecule has 1 fully saturated rings. The van der Waals surface area contributed by atoms with Gasteiger partial charge in [0.15, 0.2) is 12.4 Å². The first-order valence-corrected chi connectivity index (χ1v) is 11.2. The minimum Gasteiger partial charge on any atom is -0.384 e. The molecule has 2 aromatic rings. The lowest BCUT2D eigenvalue weighted by molar-refractivity contribution is -0.120. The maximum atomic E-state index is 12.9. The lowest BCUT2D eigenvalue weighted by atomic mass is 10.2. The normalized spacial score (nSPS) is 15.8. The number of carbonyl (C=O) groups excluding carboxylic acids is 1. The third-order valence-corrected chi connectivity index (χ3v) is 6.96. The molecule has 3 rings (SSSR count). The molecule has 1 aliphatic heterocycles. The van der Waals surface area contributed by atoms with E-state index in [1.807, 2.05) is 10.8 Å². The summed E-state index contributed by atoms with van der Waals surface area (Å²) in [5, 5.41) is 9.98. The second-order valence-electron chi connectivity index (χ2n) is 6.31. The molecule has 0 saturated carbocycles. The monoisotopic (exact) mass is 438 g/mol. The predicted octanol–water partition coefficient (Wildman–Crippen LogP) is 1.35. The lowest BCUT2D eigenvalue weighted by Gasteiger charge is -2.26. The van der Waals surface area contributed by atoms with Crippen LogP contribution < -0.4 is 11.1 Å². The van der Waals surface area contributed by atoms with Gasteiger partial charge in [-0.3, -0.25) is 4.79 Å². The van der Waals surface area contributed by atoms with Crippen molar-refractivity contribution < 1.29 is 22.8 Å². The number of rotatable bonds is 7. The zero-order chi connectivity index (χ0) is 20.9. The van der Waals surface area contributed by atoms with Crippen LogP contribution in [0.1, 0.15) is 11.1 Å². The summed E-state index contributed by atoms with van der Waals surface area (Å²) >= 11 is 1.47. The average molecular weight is 439 g/mol. The molecule has 1 saturated heterocycles. The van der Waals surface area contributed by atoms with Gasteiger partial charge < -0.3 is 20.6 Å². The number of benzene rings is 1. The van der Waals surface area contributed by atoms with Crippen LogP contribution in [0.2, 0.25) is 0 Å². The highest BCUT2D eigenvalue weighted by Gasteiger charge is 2.28. The summed E-state index contributed by atoms with van der Waals surface area (Å²) in [7, 11) is -3.67. The number of oxime groups is 1. The van der Waals surface area contributed by atoms with Crippen molar-refractivity contribution in [3.8, 4) is 0 Å². The van der Waals surface area contributed by atoms with Crippen molar-refractivity contribution >= 4 is 38.8 Å². The average Bonchev–Trinajstić information content (AvgIpc) is 3.25. The fourth-order valence-corrected chi connectivity index (χ4v) is 5.01. The number of carbonyl (C=O) groups is 1. The van der Waals surface area contributed by atoms with Crippen LogP contribution in [0.15, 0.2) is 45.1 Å². The molecule has 0 aliphatic carbocycles. The molecule has 1 aliphatic rings. The second-order valence-corrected chi connectivity index (χ2v) is 8.99. The van der Waals surface area contributed by atoms with Crippen LogP contribution in [0.25, 0.3) is 0 Å². The summed E-state index contributed by atoms with van der Waals surface area (Å²) < 4.78 is 32.4.